The molecule has 0 radical (unpaired) electrons. The fourth-order valence-electron chi connectivity index (χ4n) is 3.01. The third kappa shape index (κ3) is 6.48. The van der Waals surface area contributed by atoms with Crippen molar-refractivity contribution in [3.05, 3.63) is 60.0 Å². The van der Waals surface area contributed by atoms with Crippen molar-refractivity contribution in [3.63, 3.8) is 0 Å². The number of rotatable bonds is 11. The number of hydrogen-bond donors (Lipinski definition) is 2. The van der Waals surface area contributed by atoms with Gasteiger partial charge < -0.3 is 9.84 Å². The predicted octanol–water partition coefficient (Wildman–Crippen LogP) is 3.95. The second kappa shape index (κ2) is 11.0. The van der Waals surface area contributed by atoms with Crippen LogP contribution in [0.5, 0.6) is 0 Å². The quantitative estimate of drug-likeness (QED) is 0.422. The summed E-state index contributed by atoms with van der Waals surface area (Å²) in [5, 5.41) is 6.70. The number of benzene rings is 2. The smallest absolute Gasteiger partial charge is 0.240 e. The first-order chi connectivity index (χ1) is 15.4. The molecule has 0 saturated heterocycles. The summed E-state index contributed by atoms with van der Waals surface area (Å²) in [6, 6.07) is 14.1. The lowest BCUT2D eigenvalue weighted by Crippen LogP contribution is -2.24. The van der Waals surface area contributed by atoms with Crippen molar-refractivity contribution in [2.75, 3.05) is 11.9 Å². The van der Waals surface area contributed by atoms with Crippen molar-refractivity contribution in [2.24, 2.45) is 0 Å². The van der Waals surface area contributed by atoms with Crippen LogP contribution in [-0.4, -0.2) is 31.0 Å². The Hall–Kier alpha value is -3.04. The summed E-state index contributed by atoms with van der Waals surface area (Å²) in [7, 11) is -3.61. The predicted molar refractivity (Wildman–Crippen MR) is 123 cm³/mol. The van der Waals surface area contributed by atoms with Crippen molar-refractivity contribution >= 4 is 21.6 Å². The lowest BCUT2D eigenvalue weighted by Gasteiger charge is -2.09. The van der Waals surface area contributed by atoms with E-state index in [1.54, 1.807) is 12.1 Å². The van der Waals surface area contributed by atoms with Crippen molar-refractivity contribution in [3.8, 4) is 11.4 Å². The Labute approximate surface area is 188 Å². The van der Waals surface area contributed by atoms with E-state index in [-0.39, 0.29) is 23.6 Å². The molecular formula is C23H28N4O4S. The maximum atomic E-state index is 12.4. The Bertz CT molecular complexity index is 1140. The fraction of sp³-hybridized carbons (Fsp3) is 0.348. The van der Waals surface area contributed by atoms with Gasteiger partial charge in [-0.1, -0.05) is 55.8 Å². The van der Waals surface area contributed by atoms with Crippen LogP contribution in [0.4, 0.5) is 5.69 Å². The topological polar surface area (TPSA) is 114 Å². The minimum absolute atomic E-state index is 0.113. The van der Waals surface area contributed by atoms with Crippen LogP contribution in [0.2, 0.25) is 0 Å². The Balaban J connectivity index is 1.56. The number of carbonyl (C=O) groups excluding carboxylic acids is 1. The third-order valence-corrected chi connectivity index (χ3v) is 6.36. The Morgan fingerprint density at radius 1 is 1.09 bits per heavy atom. The number of sulfonamides is 1. The van der Waals surface area contributed by atoms with Crippen LogP contribution in [-0.2, 0) is 27.7 Å². The summed E-state index contributed by atoms with van der Waals surface area (Å²) in [6.45, 7) is 4.46. The molecule has 2 N–H and O–H groups in total. The van der Waals surface area contributed by atoms with Crippen molar-refractivity contribution in [1.29, 1.82) is 0 Å². The number of nitrogens with one attached hydrogen (secondary N) is 2. The van der Waals surface area contributed by atoms with E-state index in [1.807, 2.05) is 31.2 Å². The van der Waals surface area contributed by atoms with Gasteiger partial charge in [-0.3, -0.25) is 4.79 Å². The monoisotopic (exact) mass is 456 g/mol. The molecular weight excluding hydrogens is 428 g/mol. The van der Waals surface area contributed by atoms with Crippen LogP contribution in [0.1, 0.15) is 44.6 Å². The van der Waals surface area contributed by atoms with Crippen LogP contribution in [0.15, 0.2) is 57.9 Å². The Kier molecular flexibility index (Phi) is 8.13. The summed E-state index contributed by atoms with van der Waals surface area (Å²) in [6.07, 6.45) is 3.02. The maximum Gasteiger partial charge on any atom is 0.240 e. The molecule has 0 aliphatic heterocycles. The molecule has 0 atom stereocenters. The lowest BCUT2D eigenvalue weighted by atomic mass is 10.1. The molecule has 3 rings (SSSR count). The molecule has 0 aliphatic rings. The van der Waals surface area contributed by atoms with E-state index in [2.05, 4.69) is 27.1 Å². The molecule has 0 fully saturated rings. The SMILES string of the molecule is CCCCNS(=O)(=O)c1cccc(NC(=O)CCc2nc(-c3ccc(CC)cc3)no2)c1. The highest BCUT2D eigenvalue weighted by Gasteiger charge is 2.15. The molecule has 0 unspecified atom stereocenters. The van der Waals surface area contributed by atoms with Crippen LogP contribution in [0.25, 0.3) is 11.4 Å². The molecule has 0 aliphatic carbocycles. The maximum absolute atomic E-state index is 12.4. The molecule has 1 aromatic heterocycles. The molecule has 0 bridgehead atoms. The molecule has 8 nitrogen and oxygen atoms in total. The number of carbonyl (C=O) groups is 1. The highest BCUT2D eigenvalue weighted by molar-refractivity contribution is 7.89. The van der Waals surface area contributed by atoms with E-state index in [1.165, 1.54) is 17.7 Å². The molecule has 0 saturated carbocycles. The van der Waals surface area contributed by atoms with Crippen molar-refractivity contribution in [1.82, 2.24) is 14.9 Å². The summed E-state index contributed by atoms with van der Waals surface area (Å²) >= 11 is 0. The largest absolute Gasteiger partial charge is 0.339 e. The van der Waals surface area contributed by atoms with Gasteiger partial charge >= 0.3 is 0 Å². The van der Waals surface area contributed by atoms with Gasteiger partial charge in [-0.05, 0) is 36.6 Å². The summed E-state index contributed by atoms with van der Waals surface area (Å²) in [5.41, 5.74) is 2.49. The molecule has 170 valence electrons. The minimum Gasteiger partial charge on any atom is -0.339 e. The molecule has 9 heteroatoms. The average Bonchev–Trinajstić information content (AvgIpc) is 3.27. The number of aromatic nitrogens is 2. The Morgan fingerprint density at radius 2 is 1.88 bits per heavy atom. The van der Waals surface area contributed by atoms with Gasteiger partial charge in [0.25, 0.3) is 0 Å². The van der Waals surface area contributed by atoms with E-state index in [0.29, 0.717) is 23.9 Å². The van der Waals surface area contributed by atoms with Crippen molar-refractivity contribution in [2.45, 2.75) is 50.8 Å². The molecule has 32 heavy (non-hydrogen) atoms. The van der Waals surface area contributed by atoms with Gasteiger partial charge in [0.2, 0.25) is 27.6 Å². The lowest BCUT2D eigenvalue weighted by molar-refractivity contribution is -0.116. The van der Waals surface area contributed by atoms with Crippen molar-refractivity contribution < 1.29 is 17.7 Å². The number of unbranched alkanes of at least 4 members (excludes halogenated alkanes) is 1. The van der Waals surface area contributed by atoms with Crippen LogP contribution in [0.3, 0.4) is 0 Å². The number of nitrogens with zero attached hydrogens (tertiary/aromatic N) is 2. The normalized spacial score (nSPS) is 11.4. The van der Waals surface area contributed by atoms with Gasteiger partial charge in [0.15, 0.2) is 0 Å². The molecule has 3 aromatic rings. The first-order valence-corrected chi connectivity index (χ1v) is 12.2. The van der Waals surface area contributed by atoms with E-state index >= 15 is 0 Å². The highest BCUT2D eigenvalue weighted by Crippen LogP contribution is 2.18. The third-order valence-electron chi connectivity index (χ3n) is 4.90. The number of anilines is 1. The van der Waals surface area contributed by atoms with Crippen LogP contribution in [0, 0.1) is 0 Å². The summed E-state index contributed by atoms with van der Waals surface area (Å²) in [5.74, 6) is 0.577. The van der Waals surface area contributed by atoms with Gasteiger partial charge in [0, 0.05) is 30.6 Å². The minimum atomic E-state index is -3.61. The standard InChI is InChI=1S/C23H28N4O4S/c1-3-5-15-24-32(29,30)20-8-6-7-19(16-20)25-21(28)13-14-22-26-23(27-31-22)18-11-9-17(4-2)10-12-18/h6-12,16,24H,3-5,13-15H2,1-2H3,(H,25,28). The number of aryl methyl sites for hydroxylation is 2. The molecule has 1 heterocycles. The summed E-state index contributed by atoms with van der Waals surface area (Å²) < 4.78 is 32.5. The number of amides is 1. The van der Waals surface area contributed by atoms with Gasteiger partial charge in [0.05, 0.1) is 4.90 Å². The Morgan fingerprint density at radius 3 is 2.59 bits per heavy atom. The second-order valence-corrected chi connectivity index (χ2v) is 9.16. The van der Waals surface area contributed by atoms with E-state index in [0.717, 1.165) is 24.8 Å². The van der Waals surface area contributed by atoms with Gasteiger partial charge in [-0.2, -0.15) is 4.98 Å². The van der Waals surface area contributed by atoms with Crippen LogP contribution < -0.4 is 10.0 Å². The average molecular weight is 457 g/mol. The zero-order chi connectivity index (χ0) is 23.0. The molecule has 2 aromatic carbocycles. The second-order valence-electron chi connectivity index (χ2n) is 7.39. The zero-order valence-electron chi connectivity index (χ0n) is 18.3. The molecule has 0 spiro atoms. The fourth-order valence-corrected chi connectivity index (χ4v) is 4.13. The first kappa shape index (κ1) is 23.6. The summed E-state index contributed by atoms with van der Waals surface area (Å²) in [4.78, 5) is 16.8. The van der Waals surface area contributed by atoms with Gasteiger partial charge in [0.1, 0.15) is 0 Å². The van der Waals surface area contributed by atoms with E-state index in [9.17, 15) is 13.2 Å². The van der Waals surface area contributed by atoms with E-state index in [4.69, 9.17) is 4.52 Å². The molecule has 1 amide bonds. The van der Waals surface area contributed by atoms with Gasteiger partial charge in [-0.25, -0.2) is 13.1 Å². The highest BCUT2D eigenvalue weighted by atomic mass is 32.2. The zero-order valence-corrected chi connectivity index (χ0v) is 19.1. The number of hydrogen-bond acceptors (Lipinski definition) is 6. The van der Waals surface area contributed by atoms with E-state index < -0.39 is 10.0 Å². The van der Waals surface area contributed by atoms with Crippen LogP contribution >= 0.6 is 0 Å². The first-order valence-electron chi connectivity index (χ1n) is 10.7. The van der Waals surface area contributed by atoms with Gasteiger partial charge in [-0.15, -0.1) is 0 Å².